The molecule has 0 spiro atoms. The maximum atomic E-state index is 12.2. The van der Waals surface area contributed by atoms with Gasteiger partial charge in [0.05, 0.1) is 22.4 Å². The summed E-state index contributed by atoms with van der Waals surface area (Å²) in [4.78, 5) is 26.2. The molecule has 1 aromatic heterocycles. The van der Waals surface area contributed by atoms with Crippen LogP contribution in [0.1, 0.15) is 15.9 Å². The Morgan fingerprint density at radius 2 is 2.10 bits per heavy atom. The topological polar surface area (TPSA) is 123 Å². The van der Waals surface area contributed by atoms with Crippen molar-refractivity contribution in [3.05, 3.63) is 57.9 Å². The average molecular weight is 287 g/mol. The van der Waals surface area contributed by atoms with Crippen LogP contribution in [0.4, 0.5) is 17.1 Å². The number of nitrogens with two attached hydrogens (primary N) is 1. The second-order valence-electron chi connectivity index (χ2n) is 4.28. The molecule has 2 aromatic rings. The van der Waals surface area contributed by atoms with Gasteiger partial charge in [-0.2, -0.15) is 0 Å². The third kappa shape index (κ3) is 3.12. The Morgan fingerprint density at radius 1 is 1.33 bits per heavy atom. The van der Waals surface area contributed by atoms with Crippen LogP contribution in [-0.2, 0) is 0 Å². The summed E-state index contributed by atoms with van der Waals surface area (Å²) in [5, 5.41) is 13.4. The molecule has 0 bridgehead atoms. The van der Waals surface area contributed by atoms with Crippen molar-refractivity contribution < 1.29 is 9.72 Å². The minimum absolute atomic E-state index is 0.0290. The van der Waals surface area contributed by atoms with Crippen LogP contribution < -0.4 is 16.6 Å². The highest BCUT2D eigenvalue weighted by Gasteiger charge is 2.14. The van der Waals surface area contributed by atoms with Crippen LogP contribution in [0.2, 0.25) is 0 Å². The number of nitro groups is 1. The zero-order valence-electron chi connectivity index (χ0n) is 11.2. The van der Waals surface area contributed by atoms with Gasteiger partial charge in [-0.25, -0.2) is 0 Å². The van der Waals surface area contributed by atoms with Crippen LogP contribution in [0.5, 0.6) is 0 Å². The van der Waals surface area contributed by atoms with E-state index in [1.54, 1.807) is 6.92 Å². The van der Waals surface area contributed by atoms with E-state index in [0.29, 0.717) is 22.5 Å². The standard InChI is InChI=1S/C13H13N5O3/c1-8-6-9(18(20)21)2-3-11(8)16-13(19)10-4-5-15-7-12(10)17-14/h2-7,17H,14H2,1H3,(H,16,19). The fraction of sp³-hybridized carbons (Fsp3) is 0.0769. The summed E-state index contributed by atoms with van der Waals surface area (Å²) in [5.74, 6) is 4.93. The molecule has 21 heavy (non-hydrogen) atoms. The number of non-ortho nitro benzene ring substituents is 1. The van der Waals surface area contributed by atoms with E-state index in [9.17, 15) is 14.9 Å². The van der Waals surface area contributed by atoms with E-state index in [1.165, 1.54) is 36.7 Å². The van der Waals surface area contributed by atoms with Crippen LogP contribution in [0.15, 0.2) is 36.7 Å². The van der Waals surface area contributed by atoms with Gasteiger partial charge in [-0.15, -0.1) is 0 Å². The second kappa shape index (κ2) is 5.97. The highest BCUT2D eigenvalue weighted by Crippen LogP contribution is 2.22. The smallest absolute Gasteiger partial charge is 0.269 e. The molecule has 0 aliphatic rings. The van der Waals surface area contributed by atoms with E-state index < -0.39 is 4.92 Å². The zero-order valence-corrected chi connectivity index (χ0v) is 11.2. The van der Waals surface area contributed by atoms with Crippen LogP contribution >= 0.6 is 0 Å². The van der Waals surface area contributed by atoms with Crippen molar-refractivity contribution >= 4 is 23.0 Å². The molecule has 0 radical (unpaired) electrons. The number of nitrogens with one attached hydrogen (secondary N) is 2. The lowest BCUT2D eigenvalue weighted by Gasteiger charge is -2.10. The summed E-state index contributed by atoms with van der Waals surface area (Å²) >= 11 is 0. The number of benzene rings is 1. The van der Waals surface area contributed by atoms with E-state index in [0.717, 1.165) is 0 Å². The van der Waals surface area contributed by atoms with Crippen LogP contribution in [0.25, 0.3) is 0 Å². The first-order valence-corrected chi connectivity index (χ1v) is 6.00. The Hall–Kier alpha value is -3.00. The van der Waals surface area contributed by atoms with E-state index in [4.69, 9.17) is 5.84 Å². The molecule has 4 N–H and O–H groups in total. The molecule has 0 atom stereocenters. The van der Waals surface area contributed by atoms with Gasteiger partial charge in [-0.05, 0) is 24.6 Å². The molecule has 8 heteroatoms. The first-order valence-electron chi connectivity index (χ1n) is 6.00. The van der Waals surface area contributed by atoms with E-state index in [2.05, 4.69) is 15.7 Å². The SMILES string of the molecule is Cc1cc([N+](=O)[O-])ccc1NC(=O)c1ccncc1NN. The molecular weight excluding hydrogens is 274 g/mol. The Labute approximate surface area is 120 Å². The number of carbonyl (C=O) groups is 1. The van der Waals surface area contributed by atoms with Crippen LogP contribution in [0.3, 0.4) is 0 Å². The van der Waals surface area contributed by atoms with Gasteiger partial charge in [-0.1, -0.05) is 0 Å². The van der Waals surface area contributed by atoms with Crippen molar-refractivity contribution in [3.8, 4) is 0 Å². The minimum atomic E-state index is -0.488. The van der Waals surface area contributed by atoms with Gasteiger partial charge < -0.3 is 10.7 Å². The Morgan fingerprint density at radius 3 is 2.71 bits per heavy atom. The van der Waals surface area contributed by atoms with Gasteiger partial charge in [0, 0.05) is 24.0 Å². The molecule has 0 aliphatic carbocycles. The number of hydrogen-bond acceptors (Lipinski definition) is 6. The summed E-state index contributed by atoms with van der Waals surface area (Å²) in [7, 11) is 0. The Kier molecular flexibility index (Phi) is 4.10. The summed E-state index contributed by atoms with van der Waals surface area (Å²) in [6, 6.07) is 5.73. The predicted octanol–water partition coefficient (Wildman–Crippen LogP) is 1.84. The van der Waals surface area contributed by atoms with E-state index in [1.807, 2.05) is 0 Å². The Bertz CT molecular complexity index is 702. The molecule has 2 rings (SSSR count). The number of rotatable bonds is 4. The fourth-order valence-corrected chi connectivity index (χ4v) is 1.80. The maximum Gasteiger partial charge on any atom is 0.269 e. The number of pyridine rings is 1. The van der Waals surface area contributed by atoms with Crippen molar-refractivity contribution in [2.45, 2.75) is 6.92 Å². The number of amides is 1. The van der Waals surface area contributed by atoms with Crippen molar-refractivity contribution in [1.29, 1.82) is 0 Å². The number of nitrogens with zero attached hydrogens (tertiary/aromatic N) is 2. The molecule has 0 fully saturated rings. The third-order valence-corrected chi connectivity index (χ3v) is 2.89. The number of anilines is 2. The average Bonchev–Trinajstić information content (AvgIpc) is 2.48. The molecule has 0 saturated heterocycles. The quantitative estimate of drug-likeness (QED) is 0.448. The van der Waals surface area contributed by atoms with E-state index in [-0.39, 0.29) is 11.6 Å². The summed E-state index contributed by atoms with van der Waals surface area (Å²) in [6.45, 7) is 1.68. The summed E-state index contributed by atoms with van der Waals surface area (Å²) < 4.78 is 0. The largest absolute Gasteiger partial charge is 0.322 e. The molecule has 0 saturated carbocycles. The number of nitro benzene ring substituents is 1. The third-order valence-electron chi connectivity index (χ3n) is 2.89. The van der Waals surface area contributed by atoms with Gasteiger partial charge in [0.25, 0.3) is 11.6 Å². The highest BCUT2D eigenvalue weighted by atomic mass is 16.6. The van der Waals surface area contributed by atoms with Crippen molar-refractivity contribution in [2.24, 2.45) is 5.84 Å². The first kappa shape index (κ1) is 14.4. The first-order chi connectivity index (χ1) is 10.0. The summed E-state index contributed by atoms with van der Waals surface area (Å²) in [5.41, 5.74) is 4.15. The number of nitrogen functional groups attached to an aromatic ring is 1. The monoisotopic (exact) mass is 287 g/mol. The number of aromatic nitrogens is 1. The van der Waals surface area contributed by atoms with Crippen molar-refractivity contribution in [1.82, 2.24) is 4.98 Å². The van der Waals surface area contributed by atoms with Crippen molar-refractivity contribution in [2.75, 3.05) is 10.7 Å². The predicted molar refractivity (Wildman–Crippen MR) is 77.8 cm³/mol. The van der Waals surface area contributed by atoms with Crippen LogP contribution in [-0.4, -0.2) is 15.8 Å². The molecule has 1 amide bonds. The van der Waals surface area contributed by atoms with Gasteiger partial charge in [0.15, 0.2) is 0 Å². The van der Waals surface area contributed by atoms with E-state index >= 15 is 0 Å². The lowest BCUT2D eigenvalue weighted by Crippen LogP contribution is -2.17. The molecule has 108 valence electrons. The van der Waals surface area contributed by atoms with Gasteiger partial charge in [-0.3, -0.25) is 25.7 Å². The zero-order chi connectivity index (χ0) is 15.4. The fourth-order valence-electron chi connectivity index (χ4n) is 1.80. The van der Waals surface area contributed by atoms with Crippen molar-refractivity contribution in [3.63, 3.8) is 0 Å². The molecule has 0 unspecified atom stereocenters. The highest BCUT2D eigenvalue weighted by molar-refractivity contribution is 6.08. The Balaban J connectivity index is 2.26. The second-order valence-corrected chi connectivity index (χ2v) is 4.28. The molecule has 8 nitrogen and oxygen atoms in total. The summed E-state index contributed by atoms with van der Waals surface area (Å²) in [6.07, 6.45) is 2.90. The number of aryl methyl sites for hydroxylation is 1. The normalized spacial score (nSPS) is 10.0. The number of hydrazine groups is 1. The lowest BCUT2D eigenvalue weighted by molar-refractivity contribution is -0.384. The molecular formula is C13H13N5O3. The van der Waals surface area contributed by atoms with Gasteiger partial charge in [0.2, 0.25) is 0 Å². The van der Waals surface area contributed by atoms with Gasteiger partial charge in [0.1, 0.15) is 0 Å². The minimum Gasteiger partial charge on any atom is -0.322 e. The lowest BCUT2D eigenvalue weighted by atomic mass is 10.1. The number of hydrogen-bond donors (Lipinski definition) is 3. The molecule has 1 heterocycles. The number of carbonyl (C=O) groups excluding carboxylic acids is 1. The van der Waals surface area contributed by atoms with Gasteiger partial charge >= 0.3 is 0 Å². The maximum absolute atomic E-state index is 12.2. The molecule has 0 aliphatic heterocycles. The molecule has 1 aromatic carbocycles. The van der Waals surface area contributed by atoms with Crippen LogP contribution in [0, 0.1) is 17.0 Å².